The van der Waals surface area contributed by atoms with Gasteiger partial charge in [0.05, 0.1) is 0 Å². The molecule has 2 heteroatoms. The fourth-order valence-electron chi connectivity index (χ4n) is 1.84. The zero-order valence-electron chi connectivity index (χ0n) is 7.47. The minimum Gasteiger partial charge on any atom is -0.129 e. The molecule has 0 nitrogen and oxygen atoms in total. The second-order valence-corrected chi connectivity index (χ2v) is 5.84. The van der Waals surface area contributed by atoms with Gasteiger partial charge in [0.25, 0.3) is 0 Å². The Kier molecular flexibility index (Phi) is 3.47. The van der Waals surface area contributed by atoms with Gasteiger partial charge in [-0.2, -0.15) is 0 Å². The van der Waals surface area contributed by atoms with E-state index in [0.717, 1.165) is 0 Å². The largest absolute Gasteiger partial charge is 0.129 e. The van der Waals surface area contributed by atoms with E-state index in [1.807, 2.05) is 0 Å². The Hall–Kier alpha value is 0.440. The molecule has 2 aliphatic rings. The number of rotatable bonds is 0. The molecule has 0 radical (unpaired) electrons. The highest BCUT2D eigenvalue weighted by Crippen LogP contribution is 2.40. The summed E-state index contributed by atoms with van der Waals surface area (Å²) in [6.07, 6.45) is 8.56. The van der Waals surface area contributed by atoms with E-state index < -0.39 is 0 Å². The van der Waals surface area contributed by atoms with Gasteiger partial charge in [-0.3, -0.25) is 0 Å². The molecule has 0 N–H and O–H groups in total. The van der Waals surface area contributed by atoms with Crippen LogP contribution in [0.25, 0.3) is 0 Å². The van der Waals surface area contributed by atoms with Crippen LogP contribution in [0.1, 0.15) is 38.5 Å². The van der Waals surface area contributed by atoms with E-state index in [2.05, 4.69) is 23.5 Å². The van der Waals surface area contributed by atoms with Gasteiger partial charge in [-0.25, -0.2) is 0 Å². The van der Waals surface area contributed by atoms with Crippen LogP contribution in [0.5, 0.6) is 0 Å². The van der Waals surface area contributed by atoms with E-state index in [4.69, 9.17) is 0 Å². The Morgan fingerprint density at radius 2 is 1.17 bits per heavy atom. The van der Waals surface area contributed by atoms with Gasteiger partial charge in [-0.1, -0.05) is 12.8 Å². The van der Waals surface area contributed by atoms with Crippen LogP contribution in [0, 0.1) is 0 Å². The van der Waals surface area contributed by atoms with Crippen molar-refractivity contribution in [1.82, 2.24) is 0 Å². The van der Waals surface area contributed by atoms with Crippen molar-refractivity contribution in [3.05, 3.63) is 9.81 Å². The first-order valence-corrected chi connectivity index (χ1v) is 6.91. The third-order valence-electron chi connectivity index (χ3n) is 2.50. The van der Waals surface area contributed by atoms with Crippen molar-refractivity contribution in [3.8, 4) is 0 Å². The van der Waals surface area contributed by atoms with Gasteiger partial charge >= 0.3 is 0 Å². The molecule has 0 bridgehead atoms. The van der Waals surface area contributed by atoms with Gasteiger partial charge in [-0.15, -0.1) is 23.5 Å². The first kappa shape index (κ1) is 9.01. The second kappa shape index (κ2) is 4.61. The molecule has 0 unspecified atom stereocenters. The number of hydrogen-bond donors (Lipinski definition) is 0. The van der Waals surface area contributed by atoms with Crippen LogP contribution in [0.3, 0.4) is 0 Å². The monoisotopic (exact) mass is 200 g/mol. The van der Waals surface area contributed by atoms with Crippen molar-refractivity contribution >= 4 is 23.5 Å². The van der Waals surface area contributed by atoms with Gasteiger partial charge in [0.1, 0.15) is 0 Å². The molecule has 0 aromatic rings. The molecular formula is C10H16S2. The predicted octanol–water partition coefficient (Wildman–Crippen LogP) is 4.03. The normalized spacial score (nSPS) is 26.0. The Morgan fingerprint density at radius 3 is 1.67 bits per heavy atom. The summed E-state index contributed by atoms with van der Waals surface area (Å²) >= 11 is 4.26. The van der Waals surface area contributed by atoms with Crippen LogP contribution in [-0.4, -0.2) is 11.5 Å². The van der Waals surface area contributed by atoms with Gasteiger partial charge in [0.2, 0.25) is 0 Å². The third-order valence-corrected chi connectivity index (χ3v) is 5.31. The van der Waals surface area contributed by atoms with E-state index in [9.17, 15) is 0 Å². The molecule has 0 amide bonds. The molecule has 0 saturated carbocycles. The van der Waals surface area contributed by atoms with Crippen LogP contribution in [-0.2, 0) is 0 Å². The summed E-state index contributed by atoms with van der Waals surface area (Å²) in [5, 5.41) is 0. The van der Waals surface area contributed by atoms with Crippen LogP contribution < -0.4 is 0 Å². The molecule has 1 aliphatic carbocycles. The van der Waals surface area contributed by atoms with Crippen LogP contribution in [0.2, 0.25) is 0 Å². The maximum atomic E-state index is 2.13. The third kappa shape index (κ3) is 2.23. The first-order valence-electron chi connectivity index (χ1n) is 4.94. The van der Waals surface area contributed by atoms with E-state index in [-0.39, 0.29) is 0 Å². The van der Waals surface area contributed by atoms with E-state index >= 15 is 0 Å². The van der Waals surface area contributed by atoms with Crippen molar-refractivity contribution in [3.63, 3.8) is 0 Å². The molecule has 1 aliphatic heterocycles. The van der Waals surface area contributed by atoms with E-state index in [1.54, 1.807) is 9.81 Å². The summed E-state index contributed by atoms with van der Waals surface area (Å²) in [6, 6.07) is 0. The van der Waals surface area contributed by atoms with Gasteiger partial charge < -0.3 is 0 Å². The predicted molar refractivity (Wildman–Crippen MR) is 59.6 cm³/mol. The first-order chi connectivity index (χ1) is 5.97. The van der Waals surface area contributed by atoms with Crippen molar-refractivity contribution in [2.45, 2.75) is 38.5 Å². The summed E-state index contributed by atoms with van der Waals surface area (Å²) in [5.74, 6) is 2.70. The highest BCUT2D eigenvalue weighted by atomic mass is 32.2. The average Bonchev–Trinajstić information content (AvgIpc) is 2.06. The van der Waals surface area contributed by atoms with Crippen LogP contribution in [0.4, 0.5) is 0 Å². The summed E-state index contributed by atoms with van der Waals surface area (Å²) < 4.78 is 0. The number of allylic oxidation sites excluding steroid dienone is 2. The van der Waals surface area contributed by atoms with Crippen LogP contribution in [0.15, 0.2) is 9.81 Å². The zero-order chi connectivity index (χ0) is 8.23. The molecule has 0 fully saturated rings. The van der Waals surface area contributed by atoms with Crippen LogP contribution >= 0.6 is 23.5 Å². The molecule has 0 spiro atoms. The Labute approximate surface area is 83.6 Å². The zero-order valence-corrected chi connectivity index (χ0v) is 9.11. The van der Waals surface area contributed by atoms with Crippen molar-refractivity contribution in [2.24, 2.45) is 0 Å². The Bertz CT molecular complexity index is 164. The Morgan fingerprint density at radius 1 is 0.667 bits per heavy atom. The fourth-order valence-corrected chi connectivity index (χ4v) is 4.46. The second-order valence-electron chi connectivity index (χ2n) is 3.46. The highest BCUT2D eigenvalue weighted by molar-refractivity contribution is 8.09. The molecular weight excluding hydrogens is 184 g/mol. The fraction of sp³-hybridized carbons (Fsp3) is 0.800. The lowest BCUT2D eigenvalue weighted by Crippen LogP contribution is -2.00. The standard InChI is InChI=1S/C10H16S2/c1-2-4-6-10-9(5-3-1)11-7-8-12-10/h1-8H2. The maximum Gasteiger partial charge on any atom is 0.00715 e. The van der Waals surface area contributed by atoms with Crippen molar-refractivity contribution < 1.29 is 0 Å². The molecule has 1 heterocycles. The minimum atomic E-state index is 1.35. The molecule has 0 atom stereocenters. The Balaban J connectivity index is 2.06. The molecule has 0 aromatic heterocycles. The lowest BCUT2D eigenvalue weighted by Gasteiger charge is -2.21. The summed E-state index contributed by atoms with van der Waals surface area (Å²) in [6.45, 7) is 0. The summed E-state index contributed by atoms with van der Waals surface area (Å²) in [5.41, 5.74) is 0. The maximum absolute atomic E-state index is 2.13. The lowest BCUT2D eigenvalue weighted by molar-refractivity contribution is 0.631. The van der Waals surface area contributed by atoms with Crippen molar-refractivity contribution in [2.75, 3.05) is 11.5 Å². The molecule has 0 aromatic carbocycles. The summed E-state index contributed by atoms with van der Waals surface area (Å²) in [7, 11) is 0. The van der Waals surface area contributed by atoms with E-state index in [1.165, 1.54) is 50.0 Å². The molecule has 12 heavy (non-hydrogen) atoms. The van der Waals surface area contributed by atoms with E-state index in [0.29, 0.717) is 0 Å². The number of hydrogen-bond acceptors (Lipinski definition) is 2. The average molecular weight is 200 g/mol. The summed E-state index contributed by atoms with van der Waals surface area (Å²) in [4.78, 5) is 3.48. The minimum absolute atomic E-state index is 1.35. The molecule has 2 rings (SSSR count). The SMILES string of the molecule is C1CCCC2=C(CC1)SCCS2. The van der Waals surface area contributed by atoms with Gasteiger partial charge in [-0.05, 0) is 35.5 Å². The quantitative estimate of drug-likeness (QED) is 0.579. The lowest BCUT2D eigenvalue weighted by atomic mass is 10.1. The van der Waals surface area contributed by atoms with Crippen molar-refractivity contribution in [1.29, 1.82) is 0 Å². The highest BCUT2D eigenvalue weighted by Gasteiger charge is 2.14. The molecule has 0 saturated heterocycles. The smallest absolute Gasteiger partial charge is 0.00715 e. The van der Waals surface area contributed by atoms with Gasteiger partial charge in [0.15, 0.2) is 0 Å². The number of thioether (sulfide) groups is 2. The molecule has 68 valence electrons. The van der Waals surface area contributed by atoms with Gasteiger partial charge in [0, 0.05) is 11.5 Å². The topological polar surface area (TPSA) is 0 Å².